The number of halogens is 1. The van der Waals surface area contributed by atoms with Crippen LogP contribution in [0.3, 0.4) is 0 Å². The fraction of sp³-hybridized carbons (Fsp3) is 0.115. The van der Waals surface area contributed by atoms with Gasteiger partial charge in [0.05, 0.1) is 37.0 Å². The first kappa shape index (κ1) is 24.6. The number of imidazole rings is 1. The molecule has 0 spiro atoms. The Hall–Kier alpha value is -4.75. The fourth-order valence-electron chi connectivity index (χ4n) is 4.30. The summed E-state index contributed by atoms with van der Waals surface area (Å²) in [6.07, 6.45) is 7.65. The molecule has 0 saturated heterocycles. The molecule has 13 heteroatoms. The number of hydrogen-bond donors (Lipinski definition) is 3. The Labute approximate surface area is 221 Å². The highest BCUT2D eigenvalue weighted by Crippen LogP contribution is 2.32. The van der Waals surface area contributed by atoms with Gasteiger partial charge in [0.1, 0.15) is 22.8 Å². The molecule has 11 nitrogen and oxygen atoms in total. The number of benzene rings is 1. The summed E-state index contributed by atoms with van der Waals surface area (Å²) in [7, 11) is -1.86. The number of H-pyrrole nitrogens is 2. The number of sulfonamides is 1. The van der Waals surface area contributed by atoms with Crippen molar-refractivity contribution in [3.05, 3.63) is 72.6 Å². The van der Waals surface area contributed by atoms with Gasteiger partial charge in [0.25, 0.3) is 0 Å². The molecule has 5 heterocycles. The zero-order valence-corrected chi connectivity index (χ0v) is 21.5. The molecule has 0 aliphatic heterocycles. The standard InChI is InChI=1S/C26H21FN8O3S/c1-38-18-8-16(11-28-12-18)21-9-20-22(13-30-21)34-35-24(20)26-32-23-19(3-4-29-25(23)33-26)15-5-14(6-17(27)7-15)10-31-39(2,36)37/h3-9,11-13,31H,10H2,1-2H3,(H,34,35)(H,29,32,33). The Morgan fingerprint density at radius 2 is 1.92 bits per heavy atom. The molecule has 0 atom stereocenters. The van der Waals surface area contributed by atoms with Crippen molar-refractivity contribution in [3.8, 4) is 39.7 Å². The van der Waals surface area contributed by atoms with E-state index in [9.17, 15) is 12.8 Å². The number of nitrogens with one attached hydrogen (secondary N) is 3. The third-order valence-electron chi connectivity index (χ3n) is 6.11. The van der Waals surface area contributed by atoms with Crippen molar-refractivity contribution in [2.24, 2.45) is 0 Å². The van der Waals surface area contributed by atoms with Crippen molar-refractivity contribution in [1.82, 2.24) is 39.8 Å². The molecule has 0 unspecified atom stereocenters. The minimum Gasteiger partial charge on any atom is -0.495 e. The van der Waals surface area contributed by atoms with Crippen molar-refractivity contribution >= 4 is 32.1 Å². The summed E-state index contributed by atoms with van der Waals surface area (Å²) in [5, 5.41) is 8.22. The van der Waals surface area contributed by atoms with Gasteiger partial charge in [0, 0.05) is 35.5 Å². The van der Waals surface area contributed by atoms with E-state index in [4.69, 9.17) is 9.72 Å². The number of aromatic amines is 2. The molecule has 5 aromatic heterocycles. The number of ether oxygens (including phenoxy) is 1. The predicted octanol–water partition coefficient (Wildman–Crippen LogP) is 3.82. The van der Waals surface area contributed by atoms with Gasteiger partial charge in [0.2, 0.25) is 10.0 Å². The zero-order chi connectivity index (χ0) is 27.1. The second-order valence-corrected chi connectivity index (χ2v) is 10.7. The molecule has 0 aliphatic rings. The van der Waals surface area contributed by atoms with Crippen LogP contribution in [0.15, 0.2) is 61.2 Å². The number of aromatic nitrogens is 7. The van der Waals surface area contributed by atoms with Gasteiger partial charge >= 0.3 is 0 Å². The summed E-state index contributed by atoms with van der Waals surface area (Å²) in [5.74, 6) is 0.585. The number of hydrogen-bond acceptors (Lipinski definition) is 8. The van der Waals surface area contributed by atoms with E-state index in [1.54, 1.807) is 44.0 Å². The van der Waals surface area contributed by atoms with Crippen LogP contribution in [0.25, 0.3) is 56.0 Å². The van der Waals surface area contributed by atoms with Gasteiger partial charge in [-0.15, -0.1) is 0 Å². The predicted molar refractivity (Wildman–Crippen MR) is 144 cm³/mol. The smallest absolute Gasteiger partial charge is 0.209 e. The van der Waals surface area contributed by atoms with Crippen LogP contribution >= 0.6 is 0 Å². The first-order chi connectivity index (χ1) is 18.8. The summed E-state index contributed by atoms with van der Waals surface area (Å²) < 4.78 is 45.2. The summed E-state index contributed by atoms with van der Waals surface area (Å²) >= 11 is 0. The van der Waals surface area contributed by atoms with Crippen molar-refractivity contribution < 1.29 is 17.5 Å². The van der Waals surface area contributed by atoms with Gasteiger partial charge in [-0.1, -0.05) is 0 Å². The van der Waals surface area contributed by atoms with Crippen molar-refractivity contribution in [1.29, 1.82) is 0 Å². The Bertz CT molecular complexity index is 1970. The molecule has 0 bridgehead atoms. The fourth-order valence-corrected chi connectivity index (χ4v) is 4.73. The third-order valence-corrected chi connectivity index (χ3v) is 6.78. The quantitative estimate of drug-likeness (QED) is 0.274. The van der Waals surface area contributed by atoms with Crippen LogP contribution in [-0.2, 0) is 16.6 Å². The summed E-state index contributed by atoms with van der Waals surface area (Å²) in [5.41, 5.74) is 5.39. The van der Waals surface area contributed by atoms with E-state index in [0.29, 0.717) is 56.3 Å². The molecular weight excluding hydrogens is 523 g/mol. The Kier molecular flexibility index (Phi) is 6.00. The maximum atomic E-state index is 14.5. The Morgan fingerprint density at radius 1 is 1.05 bits per heavy atom. The van der Waals surface area contributed by atoms with Gasteiger partial charge in [-0.2, -0.15) is 5.10 Å². The Morgan fingerprint density at radius 3 is 2.74 bits per heavy atom. The van der Waals surface area contributed by atoms with E-state index in [-0.39, 0.29) is 6.54 Å². The average molecular weight is 545 g/mol. The SMILES string of the molecule is COc1cncc(-c2cc3c(-c4nc5c(-c6cc(F)cc(CNS(C)(=O)=O)c6)ccnc5[nH]4)n[nH]c3cn2)c1. The minimum atomic E-state index is -3.44. The highest BCUT2D eigenvalue weighted by Gasteiger charge is 2.18. The average Bonchev–Trinajstić information content (AvgIpc) is 3.55. The first-order valence-electron chi connectivity index (χ1n) is 11.7. The maximum Gasteiger partial charge on any atom is 0.209 e. The van der Waals surface area contributed by atoms with Gasteiger partial charge in [0.15, 0.2) is 11.5 Å². The molecule has 0 saturated carbocycles. The molecular formula is C26H21FN8O3S. The zero-order valence-electron chi connectivity index (χ0n) is 20.7. The summed E-state index contributed by atoms with van der Waals surface area (Å²) in [4.78, 5) is 21.1. The normalized spacial score (nSPS) is 11.9. The lowest BCUT2D eigenvalue weighted by Crippen LogP contribution is -2.21. The molecule has 1 aromatic carbocycles. The molecule has 3 N–H and O–H groups in total. The number of nitrogens with zero attached hydrogens (tertiary/aromatic N) is 5. The molecule has 0 aliphatic carbocycles. The highest BCUT2D eigenvalue weighted by atomic mass is 32.2. The molecule has 39 heavy (non-hydrogen) atoms. The van der Waals surface area contributed by atoms with Crippen LogP contribution in [0.1, 0.15) is 5.56 Å². The second kappa shape index (κ2) is 9.53. The van der Waals surface area contributed by atoms with Crippen LogP contribution in [0.4, 0.5) is 4.39 Å². The van der Waals surface area contributed by atoms with E-state index in [0.717, 1.165) is 17.2 Å². The van der Waals surface area contributed by atoms with Gasteiger partial charge in [-0.25, -0.2) is 27.5 Å². The first-order valence-corrected chi connectivity index (χ1v) is 13.6. The lowest BCUT2D eigenvalue weighted by Gasteiger charge is -2.07. The van der Waals surface area contributed by atoms with Crippen LogP contribution < -0.4 is 9.46 Å². The van der Waals surface area contributed by atoms with Gasteiger partial charge < -0.3 is 9.72 Å². The molecule has 0 fully saturated rings. The van der Waals surface area contributed by atoms with Gasteiger partial charge in [-0.05, 0) is 47.5 Å². The van der Waals surface area contributed by atoms with E-state index in [2.05, 4.69) is 34.9 Å². The van der Waals surface area contributed by atoms with Crippen LogP contribution in [0, 0.1) is 5.82 Å². The Balaban J connectivity index is 1.42. The van der Waals surface area contributed by atoms with Crippen molar-refractivity contribution in [2.75, 3.05) is 13.4 Å². The van der Waals surface area contributed by atoms with E-state index < -0.39 is 15.8 Å². The van der Waals surface area contributed by atoms with Gasteiger partial charge in [-0.3, -0.25) is 15.1 Å². The lowest BCUT2D eigenvalue weighted by atomic mass is 10.0. The van der Waals surface area contributed by atoms with Crippen LogP contribution in [0.2, 0.25) is 0 Å². The third kappa shape index (κ3) is 4.92. The topological polar surface area (TPSA) is 151 Å². The summed E-state index contributed by atoms with van der Waals surface area (Å²) in [6, 6.07) is 9.84. The van der Waals surface area contributed by atoms with E-state index in [1.165, 1.54) is 12.1 Å². The number of fused-ring (bicyclic) bond motifs is 2. The second-order valence-electron chi connectivity index (χ2n) is 8.88. The molecule has 6 rings (SSSR count). The lowest BCUT2D eigenvalue weighted by molar-refractivity contribution is 0.413. The largest absolute Gasteiger partial charge is 0.495 e. The monoisotopic (exact) mass is 544 g/mol. The van der Waals surface area contributed by atoms with Crippen molar-refractivity contribution in [2.45, 2.75) is 6.54 Å². The number of rotatable bonds is 7. The number of methoxy groups -OCH3 is 1. The highest BCUT2D eigenvalue weighted by molar-refractivity contribution is 7.88. The minimum absolute atomic E-state index is 0.0396. The van der Waals surface area contributed by atoms with Crippen LogP contribution in [0.5, 0.6) is 5.75 Å². The number of pyridine rings is 3. The van der Waals surface area contributed by atoms with E-state index in [1.807, 2.05) is 12.1 Å². The molecule has 6 aromatic rings. The van der Waals surface area contributed by atoms with Crippen LogP contribution in [-0.4, -0.2) is 56.9 Å². The molecule has 0 amide bonds. The van der Waals surface area contributed by atoms with E-state index >= 15 is 0 Å². The molecule has 0 radical (unpaired) electrons. The maximum absolute atomic E-state index is 14.5. The molecule has 196 valence electrons. The van der Waals surface area contributed by atoms with Crippen molar-refractivity contribution in [3.63, 3.8) is 0 Å². The summed E-state index contributed by atoms with van der Waals surface area (Å²) in [6.45, 7) is -0.0396.